The minimum absolute atomic E-state index is 0.260. The smallest absolute Gasteiger partial charge is 0.137 e. The van der Waals surface area contributed by atoms with Crippen molar-refractivity contribution in [1.82, 2.24) is 14.7 Å². The molecule has 1 atom stereocenters. The van der Waals surface area contributed by atoms with Crippen LogP contribution in [-0.4, -0.2) is 9.38 Å². The molecule has 4 heteroatoms. The van der Waals surface area contributed by atoms with Crippen molar-refractivity contribution in [2.24, 2.45) is 0 Å². The van der Waals surface area contributed by atoms with E-state index in [1.807, 2.05) is 30.3 Å². The molecule has 21 heavy (non-hydrogen) atoms. The van der Waals surface area contributed by atoms with Gasteiger partial charge >= 0.3 is 0 Å². The first-order valence-corrected chi connectivity index (χ1v) is 7.44. The van der Waals surface area contributed by atoms with Gasteiger partial charge in [-0.05, 0) is 43.7 Å². The molecule has 2 heterocycles. The minimum atomic E-state index is 0.260. The van der Waals surface area contributed by atoms with E-state index in [0.29, 0.717) is 0 Å². The van der Waals surface area contributed by atoms with Crippen molar-refractivity contribution < 1.29 is 0 Å². The number of hydrogen-bond donors (Lipinski definition) is 1. The lowest BCUT2D eigenvalue weighted by Crippen LogP contribution is -2.19. The van der Waals surface area contributed by atoms with Gasteiger partial charge in [0.25, 0.3) is 0 Å². The van der Waals surface area contributed by atoms with Gasteiger partial charge in [0, 0.05) is 23.8 Å². The fraction of sp³-hybridized carbons (Fsp3) is 0.235. The highest BCUT2D eigenvalue weighted by Gasteiger charge is 2.10. The first kappa shape index (κ1) is 14.1. The van der Waals surface area contributed by atoms with Crippen molar-refractivity contribution in [2.45, 2.75) is 26.4 Å². The lowest BCUT2D eigenvalue weighted by atomic mass is 10.1. The monoisotopic (exact) mass is 299 g/mol. The fourth-order valence-electron chi connectivity index (χ4n) is 2.50. The van der Waals surface area contributed by atoms with Crippen LogP contribution in [0.25, 0.3) is 5.65 Å². The van der Waals surface area contributed by atoms with Crippen molar-refractivity contribution in [1.29, 1.82) is 0 Å². The number of nitrogens with zero attached hydrogens (tertiary/aromatic N) is 2. The van der Waals surface area contributed by atoms with E-state index < -0.39 is 0 Å². The van der Waals surface area contributed by atoms with Crippen LogP contribution in [0.15, 0.2) is 48.7 Å². The molecule has 0 aliphatic rings. The van der Waals surface area contributed by atoms with Gasteiger partial charge in [0.2, 0.25) is 0 Å². The lowest BCUT2D eigenvalue weighted by Gasteiger charge is -2.14. The van der Waals surface area contributed by atoms with Crippen molar-refractivity contribution >= 4 is 17.2 Å². The second kappa shape index (κ2) is 5.88. The Bertz CT molecular complexity index is 746. The normalized spacial score (nSPS) is 12.7. The van der Waals surface area contributed by atoms with Crippen molar-refractivity contribution in [3.05, 3.63) is 70.6 Å². The quantitative estimate of drug-likeness (QED) is 0.784. The molecule has 1 N–H and O–H groups in total. The number of imidazole rings is 1. The van der Waals surface area contributed by atoms with E-state index in [1.165, 1.54) is 11.3 Å². The van der Waals surface area contributed by atoms with E-state index >= 15 is 0 Å². The van der Waals surface area contributed by atoms with Crippen LogP contribution in [0.3, 0.4) is 0 Å². The van der Waals surface area contributed by atoms with E-state index in [4.69, 9.17) is 11.6 Å². The predicted octanol–water partition coefficient (Wildman–Crippen LogP) is 4.15. The maximum atomic E-state index is 5.93. The van der Waals surface area contributed by atoms with Crippen LogP contribution in [0.5, 0.6) is 0 Å². The molecular weight excluding hydrogens is 282 g/mol. The van der Waals surface area contributed by atoms with E-state index in [2.05, 4.69) is 46.9 Å². The van der Waals surface area contributed by atoms with E-state index in [1.54, 1.807) is 0 Å². The number of fused-ring (bicyclic) bond motifs is 1. The summed E-state index contributed by atoms with van der Waals surface area (Å²) in [5, 5.41) is 4.32. The maximum absolute atomic E-state index is 5.93. The number of halogens is 1. The Morgan fingerprint density at radius 3 is 2.71 bits per heavy atom. The molecule has 0 saturated heterocycles. The molecule has 0 unspecified atom stereocenters. The SMILES string of the molecule is Cc1nc2ccccn2c1CN[C@H](C)c1ccc(Cl)cc1. The second-order valence-corrected chi connectivity index (χ2v) is 5.66. The van der Waals surface area contributed by atoms with Crippen LogP contribution >= 0.6 is 11.6 Å². The molecule has 3 aromatic rings. The molecule has 3 nitrogen and oxygen atoms in total. The number of benzene rings is 1. The summed E-state index contributed by atoms with van der Waals surface area (Å²) in [4.78, 5) is 4.58. The standard InChI is InChI=1S/C17H18ClN3/c1-12(14-6-8-15(18)9-7-14)19-11-16-13(2)20-17-5-3-4-10-21(16)17/h3-10,12,19H,11H2,1-2H3/t12-/m1/s1. The topological polar surface area (TPSA) is 29.3 Å². The average Bonchev–Trinajstić information content (AvgIpc) is 2.81. The number of aryl methyl sites for hydroxylation is 1. The largest absolute Gasteiger partial charge is 0.305 e. The molecule has 108 valence electrons. The van der Waals surface area contributed by atoms with Crippen molar-refractivity contribution in [3.8, 4) is 0 Å². The Morgan fingerprint density at radius 1 is 1.19 bits per heavy atom. The number of nitrogens with one attached hydrogen (secondary N) is 1. The molecule has 0 fully saturated rings. The number of aromatic nitrogens is 2. The molecule has 0 spiro atoms. The first-order valence-electron chi connectivity index (χ1n) is 7.06. The molecule has 1 aromatic carbocycles. The first-order chi connectivity index (χ1) is 10.1. The highest BCUT2D eigenvalue weighted by molar-refractivity contribution is 6.30. The Balaban J connectivity index is 1.77. The van der Waals surface area contributed by atoms with Crippen LogP contribution in [0, 0.1) is 6.92 Å². The summed E-state index contributed by atoms with van der Waals surface area (Å²) >= 11 is 5.93. The van der Waals surface area contributed by atoms with Crippen LogP contribution in [0.2, 0.25) is 5.02 Å². The molecule has 0 aliphatic heterocycles. The van der Waals surface area contributed by atoms with Gasteiger partial charge in [0.05, 0.1) is 11.4 Å². The lowest BCUT2D eigenvalue weighted by molar-refractivity contribution is 0.564. The third-order valence-corrected chi connectivity index (χ3v) is 4.03. The summed E-state index contributed by atoms with van der Waals surface area (Å²) in [6.45, 7) is 4.99. The minimum Gasteiger partial charge on any atom is -0.305 e. The number of hydrogen-bond acceptors (Lipinski definition) is 2. The maximum Gasteiger partial charge on any atom is 0.137 e. The van der Waals surface area contributed by atoms with Crippen LogP contribution in [0.1, 0.15) is 29.9 Å². The third kappa shape index (κ3) is 2.94. The Hall–Kier alpha value is -1.84. The molecule has 0 aliphatic carbocycles. The Morgan fingerprint density at radius 2 is 1.95 bits per heavy atom. The molecule has 0 amide bonds. The van der Waals surface area contributed by atoms with Crippen molar-refractivity contribution in [3.63, 3.8) is 0 Å². The number of rotatable bonds is 4. The van der Waals surface area contributed by atoms with E-state index in [-0.39, 0.29) is 6.04 Å². The molecular formula is C17H18ClN3. The van der Waals surface area contributed by atoms with Gasteiger partial charge in [-0.15, -0.1) is 0 Å². The van der Waals surface area contributed by atoms with E-state index in [0.717, 1.165) is 22.9 Å². The molecule has 3 rings (SSSR count). The highest BCUT2D eigenvalue weighted by atomic mass is 35.5. The molecule has 0 bridgehead atoms. The second-order valence-electron chi connectivity index (χ2n) is 5.23. The van der Waals surface area contributed by atoms with Gasteiger partial charge < -0.3 is 9.72 Å². The molecule has 0 radical (unpaired) electrons. The van der Waals surface area contributed by atoms with E-state index in [9.17, 15) is 0 Å². The Kier molecular flexibility index (Phi) is 3.95. The van der Waals surface area contributed by atoms with Gasteiger partial charge in [-0.1, -0.05) is 29.8 Å². The van der Waals surface area contributed by atoms with Gasteiger partial charge in [0.1, 0.15) is 5.65 Å². The van der Waals surface area contributed by atoms with Crippen LogP contribution in [-0.2, 0) is 6.54 Å². The summed E-state index contributed by atoms with van der Waals surface area (Å²) in [6, 6.07) is 14.3. The zero-order chi connectivity index (χ0) is 14.8. The molecule has 2 aromatic heterocycles. The van der Waals surface area contributed by atoms with Gasteiger partial charge in [-0.3, -0.25) is 0 Å². The third-order valence-electron chi connectivity index (χ3n) is 3.77. The zero-order valence-corrected chi connectivity index (χ0v) is 12.9. The van der Waals surface area contributed by atoms with Crippen LogP contribution < -0.4 is 5.32 Å². The summed E-state index contributed by atoms with van der Waals surface area (Å²) in [6.07, 6.45) is 2.05. The zero-order valence-electron chi connectivity index (χ0n) is 12.2. The average molecular weight is 300 g/mol. The van der Waals surface area contributed by atoms with Gasteiger partial charge in [-0.2, -0.15) is 0 Å². The highest BCUT2D eigenvalue weighted by Crippen LogP contribution is 2.18. The van der Waals surface area contributed by atoms with Gasteiger partial charge in [-0.25, -0.2) is 4.98 Å². The number of pyridine rings is 1. The van der Waals surface area contributed by atoms with Crippen LogP contribution in [0.4, 0.5) is 0 Å². The fourth-order valence-corrected chi connectivity index (χ4v) is 2.62. The molecule has 0 saturated carbocycles. The summed E-state index contributed by atoms with van der Waals surface area (Å²) in [5.41, 5.74) is 4.49. The predicted molar refractivity (Wildman–Crippen MR) is 86.6 cm³/mol. The Labute approximate surface area is 129 Å². The van der Waals surface area contributed by atoms with Crippen molar-refractivity contribution in [2.75, 3.05) is 0 Å². The summed E-state index contributed by atoms with van der Waals surface area (Å²) < 4.78 is 2.14. The summed E-state index contributed by atoms with van der Waals surface area (Å²) in [7, 11) is 0. The summed E-state index contributed by atoms with van der Waals surface area (Å²) in [5.74, 6) is 0. The van der Waals surface area contributed by atoms with Gasteiger partial charge in [0.15, 0.2) is 0 Å².